The summed E-state index contributed by atoms with van der Waals surface area (Å²) in [6.45, 7) is 9.33. The van der Waals surface area contributed by atoms with E-state index >= 15 is 0 Å². The van der Waals surface area contributed by atoms with Crippen LogP contribution in [0.3, 0.4) is 0 Å². The van der Waals surface area contributed by atoms with Gasteiger partial charge in [0.05, 0.1) is 58.2 Å². The number of carbonyl (C=O) groups excluding carboxylic acids is 5. The number of aromatic nitrogens is 1. The average molecular weight is 1040 g/mol. The fourth-order valence-electron chi connectivity index (χ4n) is 9.22. The van der Waals surface area contributed by atoms with Gasteiger partial charge in [-0.2, -0.15) is 0 Å². The lowest BCUT2D eigenvalue weighted by molar-refractivity contribution is -0.120. The highest BCUT2D eigenvalue weighted by atomic mass is 16.6. The third kappa shape index (κ3) is 13.8. The molecule has 5 N–H and O–H groups in total. The molecule has 1 fully saturated rings. The van der Waals surface area contributed by atoms with E-state index in [-0.39, 0.29) is 53.6 Å². The number of aliphatic hydroxyl groups excluding tert-OH is 1. The molecule has 0 radical (unpaired) electrons. The van der Waals surface area contributed by atoms with E-state index in [0.717, 1.165) is 6.08 Å². The van der Waals surface area contributed by atoms with Gasteiger partial charge in [0.25, 0.3) is 5.91 Å². The second-order valence-corrected chi connectivity index (χ2v) is 18.4. The van der Waals surface area contributed by atoms with E-state index in [2.05, 4.69) is 20.7 Å². The van der Waals surface area contributed by atoms with Crippen LogP contribution >= 0.6 is 0 Å². The molecule has 3 aromatic rings. The average Bonchev–Trinajstić information content (AvgIpc) is 3.90. The Morgan fingerprint density at radius 3 is 2.20 bits per heavy atom. The summed E-state index contributed by atoms with van der Waals surface area (Å²) in [5.74, 6) is -0.241. The molecule has 6 rings (SSSR count). The van der Waals surface area contributed by atoms with Gasteiger partial charge in [0, 0.05) is 87.8 Å². The number of allylic oxidation sites excluding steroid dienone is 4. The lowest BCUT2D eigenvalue weighted by atomic mass is 9.85. The number of methoxy groups -OCH3 is 6. The third-order valence-corrected chi connectivity index (χ3v) is 13.3. The molecule has 0 spiro atoms. The van der Waals surface area contributed by atoms with Gasteiger partial charge in [-0.1, -0.05) is 49.4 Å². The molecule has 21 nitrogen and oxygen atoms in total. The smallest absolute Gasteiger partial charge is 0.415 e. The molecule has 2 bridgehead atoms. The Balaban J connectivity index is 1.14. The van der Waals surface area contributed by atoms with Crippen LogP contribution < -0.4 is 40.1 Å². The minimum absolute atomic E-state index is 0.110. The molecule has 404 valence electrons. The van der Waals surface area contributed by atoms with E-state index in [9.17, 15) is 29.1 Å². The summed E-state index contributed by atoms with van der Waals surface area (Å²) in [6.07, 6.45) is 4.30. The Kier molecular flexibility index (Phi) is 19.8. The Morgan fingerprint density at radius 1 is 0.893 bits per heavy atom. The zero-order valence-electron chi connectivity index (χ0n) is 44.1. The van der Waals surface area contributed by atoms with Crippen LogP contribution in [0.4, 0.5) is 9.59 Å². The van der Waals surface area contributed by atoms with Gasteiger partial charge in [0.15, 0.2) is 34.9 Å². The van der Waals surface area contributed by atoms with E-state index in [1.54, 1.807) is 80.4 Å². The SMILES string of the molecule is COc1ccc(-c2cnoc2-c2cc(OC)c(OC)c(OC)c2)cc1OC(=O)N1CCN(CCNC2=C3C[C@@H](C)C[C@H](OC)[C@@H](O)[C@@H](C)/C=C(/C)[C@H](OC(N)=O)[C@@H](OC)/C=C\C=C(\C)C(=O)NC(=CC2=O)C3=O)CC1. The topological polar surface area (TPSA) is 262 Å². The summed E-state index contributed by atoms with van der Waals surface area (Å²) in [5, 5.41) is 21.4. The highest BCUT2D eigenvalue weighted by Gasteiger charge is 2.34. The van der Waals surface area contributed by atoms with Crippen molar-refractivity contribution in [3.63, 3.8) is 0 Å². The van der Waals surface area contributed by atoms with Gasteiger partial charge in [-0.05, 0) is 68.0 Å². The first-order chi connectivity index (χ1) is 35.9. The van der Waals surface area contributed by atoms with Gasteiger partial charge in [-0.25, -0.2) is 9.59 Å². The molecule has 0 saturated carbocycles. The minimum atomic E-state index is -1.03. The van der Waals surface area contributed by atoms with Crippen LogP contribution in [0.25, 0.3) is 22.5 Å². The fraction of sp³-hybridized carbons (Fsp3) is 0.444. The van der Waals surface area contributed by atoms with Crippen LogP contribution in [0.5, 0.6) is 28.7 Å². The fourth-order valence-corrected chi connectivity index (χ4v) is 9.22. The highest BCUT2D eigenvalue weighted by Crippen LogP contribution is 2.44. The van der Waals surface area contributed by atoms with E-state index in [4.69, 9.17) is 48.2 Å². The molecule has 75 heavy (non-hydrogen) atoms. The number of amides is 3. The highest BCUT2D eigenvalue weighted by molar-refractivity contribution is 6.23. The maximum Gasteiger partial charge on any atom is 0.415 e. The molecular formula is C54H68N6O15. The van der Waals surface area contributed by atoms with Crippen molar-refractivity contribution < 1.29 is 71.5 Å². The number of ether oxygens (including phenoxy) is 8. The molecule has 1 saturated heterocycles. The Morgan fingerprint density at radius 2 is 1.57 bits per heavy atom. The molecule has 0 unspecified atom stereocenters. The number of carbonyl (C=O) groups is 5. The summed E-state index contributed by atoms with van der Waals surface area (Å²) in [4.78, 5) is 71.0. The number of fused-ring (bicyclic) bond motifs is 2. The number of ketones is 2. The predicted molar refractivity (Wildman–Crippen MR) is 275 cm³/mol. The molecule has 2 aromatic carbocycles. The van der Waals surface area contributed by atoms with Gasteiger partial charge < -0.3 is 68.8 Å². The predicted octanol–water partition coefficient (Wildman–Crippen LogP) is 5.52. The molecule has 3 aliphatic rings. The number of rotatable bonds is 14. The van der Waals surface area contributed by atoms with E-state index < -0.39 is 60.0 Å². The molecule has 3 amide bonds. The van der Waals surface area contributed by atoms with Gasteiger partial charge in [-0.15, -0.1) is 0 Å². The molecule has 21 heteroatoms. The number of nitrogens with two attached hydrogens (primary N) is 1. The number of primary amides is 1. The second kappa shape index (κ2) is 26.2. The molecular weight excluding hydrogens is 973 g/mol. The number of hydrogen-bond donors (Lipinski definition) is 4. The number of aliphatic hydroxyl groups is 1. The van der Waals surface area contributed by atoms with Crippen LogP contribution in [0.15, 0.2) is 99.5 Å². The number of nitrogens with one attached hydrogen (secondary N) is 2. The van der Waals surface area contributed by atoms with E-state index in [1.807, 2.05) is 6.92 Å². The summed E-state index contributed by atoms with van der Waals surface area (Å²) >= 11 is 0. The first-order valence-corrected chi connectivity index (χ1v) is 24.4. The van der Waals surface area contributed by atoms with Crippen molar-refractivity contribution >= 4 is 29.7 Å². The van der Waals surface area contributed by atoms with Crippen LogP contribution in [0, 0.1) is 11.8 Å². The zero-order valence-corrected chi connectivity index (χ0v) is 44.1. The second-order valence-electron chi connectivity index (χ2n) is 18.4. The Labute approximate surface area is 436 Å². The monoisotopic (exact) mass is 1040 g/mol. The maximum atomic E-state index is 14.3. The van der Waals surface area contributed by atoms with E-state index in [1.165, 1.54) is 48.7 Å². The number of Topliss-reactive ketones (excluding diaryl/α,β-unsaturated/α-hetero) is 1. The molecule has 1 aromatic heterocycles. The number of piperazine rings is 1. The Bertz CT molecular complexity index is 2710. The van der Waals surface area contributed by atoms with Crippen molar-refractivity contribution in [2.24, 2.45) is 17.6 Å². The molecule has 2 aliphatic heterocycles. The van der Waals surface area contributed by atoms with Gasteiger partial charge in [-0.3, -0.25) is 19.3 Å². The summed E-state index contributed by atoms with van der Waals surface area (Å²) < 4.78 is 50.6. The van der Waals surface area contributed by atoms with Crippen molar-refractivity contribution in [3.05, 3.63) is 95.0 Å². The molecule has 3 heterocycles. The quantitative estimate of drug-likeness (QED) is 0.114. The van der Waals surface area contributed by atoms with Crippen LogP contribution in [0.1, 0.15) is 40.5 Å². The standard InChI is InChI=1S/C54H68N6O15/c1-30-22-36-46(39(61)28-38(48(36)63)58-52(64)31(2)12-11-13-41(68-6)49(74-53(55)65)33(4)24-32(3)47(62)43(23-30)69-7)56-16-17-59-18-20-60(21-19-59)54(66)73-42-25-34(14-15-40(42)67-5)37-29-57-75-50(37)35-26-44(70-8)51(72-10)45(27-35)71-9/h11-15,24-30,32,41,43,47,49,56,62H,16-23H2,1-10H3,(H2,55,65)(H,58,64)/b13-11-,31-12-,33-24-/t30-,32+,41+,43+,47+,49+/m1/s1. The van der Waals surface area contributed by atoms with Gasteiger partial charge >= 0.3 is 12.2 Å². The van der Waals surface area contributed by atoms with Crippen LogP contribution in [-0.2, 0) is 28.6 Å². The minimum Gasteiger partial charge on any atom is -0.493 e. The van der Waals surface area contributed by atoms with E-state index in [0.29, 0.717) is 83.7 Å². The van der Waals surface area contributed by atoms with Crippen molar-refractivity contribution in [3.8, 4) is 51.2 Å². The summed E-state index contributed by atoms with van der Waals surface area (Å²) in [7, 11) is 8.94. The summed E-state index contributed by atoms with van der Waals surface area (Å²) in [6, 6.07) is 8.65. The lowest BCUT2D eigenvalue weighted by Crippen LogP contribution is -2.51. The zero-order chi connectivity index (χ0) is 54.5. The van der Waals surface area contributed by atoms with Crippen molar-refractivity contribution in [1.29, 1.82) is 0 Å². The van der Waals surface area contributed by atoms with Crippen molar-refractivity contribution in [2.45, 2.75) is 65.0 Å². The molecule has 1 aliphatic carbocycles. The normalized spacial score (nSPS) is 24.2. The maximum absolute atomic E-state index is 14.3. The molecule has 6 atom stereocenters. The number of hydrogen-bond acceptors (Lipinski definition) is 18. The largest absolute Gasteiger partial charge is 0.493 e. The Hall–Kier alpha value is -7.46. The van der Waals surface area contributed by atoms with Gasteiger partial charge in [0.2, 0.25) is 17.3 Å². The van der Waals surface area contributed by atoms with Gasteiger partial charge in [0.1, 0.15) is 6.10 Å². The lowest BCUT2D eigenvalue weighted by Gasteiger charge is -2.34. The third-order valence-electron chi connectivity index (χ3n) is 13.3. The first kappa shape index (κ1) is 56.8. The van der Waals surface area contributed by atoms with Crippen molar-refractivity contribution in [1.82, 2.24) is 25.6 Å². The van der Waals surface area contributed by atoms with Crippen LogP contribution in [-0.4, -0.2) is 156 Å². The number of benzene rings is 2. The van der Waals surface area contributed by atoms with Crippen molar-refractivity contribution in [2.75, 3.05) is 81.9 Å². The summed E-state index contributed by atoms with van der Waals surface area (Å²) in [5.41, 5.74) is 8.15. The first-order valence-electron chi connectivity index (χ1n) is 24.4. The number of nitrogens with zero attached hydrogens (tertiary/aromatic N) is 3. The van der Waals surface area contributed by atoms with Crippen LogP contribution in [0.2, 0.25) is 0 Å².